The normalized spacial score (nSPS) is 12.0. The van der Waals surface area contributed by atoms with Gasteiger partial charge in [0.05, 0.1) is 41.8 Å². The Labute approximate surface area is 147 Å². The molecule has 0 spiro atoms. The molecule has 0 aliphatic heterocycles. The fourth-order valence-corrected chi connectivity index (χ4v) is 2.43. The van der Waals surface area contributed by atoms with Gasteiger partial charge in [0.15, 0.2) is 0 Å². The molecule has 23 heavy (non-hydrogen) atoms. The fraction of sp³-hybridized carbons (Fsp3) is 1.00. The third-order valence-corrected chi connectivity index (χ3v) is 3.68. The number of halogens is 1. The Hall–Kier alpha value is 0.280. The van der Waals surface area contributed by atoms with Crippen LogP contribution in [0.25, 0.3) is 0 Å². The first kappa shape index (κ1) is 25.5. The van der Waals surface area contributed by atoms with E-state index in [0.29, 0.717) is 0 Å². The van der Waals surface area contributed by atoms with Gasteiger partial charge in [-0.1, -0.05) is 71.1 Å². The van der Waals surface area contributed by atoms with Crippen LogP contribution in [0, 0.1) is 14.1 Å². The van der Waals surface area contributed by atoms with Gasteiger partial charge in [0.25, 0.3) is 0 Å². The van der Waals surface area contributed by atoms with Gasteiger partial charge in [-0.2, -0.15) is 0 Å². The Bertz CT molecular complexity index is 234. The second kappa shape index (κ2) is 15.8. The number of quaternary nitrogens is 1. The standard InChI is InChI=1S/C17H38N.BrO4/c1-5-6-7-8-9-10-11-12-13-14-15-16-17-18(2,3)4;2-1(3,4)5/h5-17H2,1-4H3;/q+1;-1. The van der Waals surface area contributed by atoms with E-state index in [1.54, 1.807) is 0 Å². The summed E-state index contributed by atoms with van der Waals surface area (Å²) in [6.07, 6.45) is 17.4. The van der Waals surface area contributed by atoms with Gasteiger partial charge in [0.1, 0.15) is 0 Å². The average Bonchev–Trinajstić information content (AvgIpc) is 2.37. The van der Waals surface area contributed by atoms with Gasteiger partial charge in [-0.25, -0.2) is 0 Å². The zero-order valence-electron chi connectivity index (χ0n) is 15.7. The number of unbranched alkanes of at least 4 members (excludes halogenated alkanes) is 11. The van der Waals surface area contributed by atoms with E-state index in [-0.39, 0.29) is 0 Å². The van der Waals surface area contributed by atoms with E-state index in [0.717, 1.165) is 4.48 Å². The topological polar surface area (TPSA) is 92.2 Å². The molecule has 6 heteroatoms. The molecule has 0 radical (unpaired) electrons. The van der Waals surface area contributed by atoms with Crippen LogP contribution in [-0.4, -0.2) is 32.2 Å². The molecular formula is C17H38BrNO4. The van der Waals surface area contributed by atoms with Gasteiger partial charge in [-0.05, 0) is 12.8 Å². The molecule has 0 saturated heterocycles. The van der Waals surface area contributed by atoms with Crippen LogP contribution in [0.4, 0.5) is 0 Å². The summed E-state index contributed by atoms with van der Waals surface area (Å²) in [4.78, 5) is 0. The zero-order valence-corrected chi connectivity index (χ0v) is 17.2. The number of rotatable bonds is 13. The van der Waals surface area contributed by atoms with Gasteiger partial charge >= 0.3 is 0 Å². The number of hydrogen-bond acceptors (Lipinski definition) is 4. The summed E-state index contributed by atoms with van der Waals surface area (Å²) in [6, 6.07) is 0. The highest BCUT2D eigenvalue weighted by molar-refractivity contribution is 4.48. The molecule has 0 aliphatic carbocycles. The summed E-state index contributed by atoms with van der Waals surface area (Å²) >= 11 is -5.62. The molecule has 0 aliphatic rings. The Morgan fingerprint density at radius 2 is 0.826 bits per heavy atom. The van der Waals surface area contributed by atoms with Gasteiger partial charge in [-0.3, -0.25) is 16.8 Å². The lowest BCUT2D eigenvalue weighted by atomic mass is 10.1. The predicted molar refractivity (Wildman–Crippen MR) is 84.0 cm³/mol. The van der Waals surface area contributed by atoms with Crippen molar-refractivity contribution in [3.63, 3.8) is 0 Å². The van der Waals surface area contributed by atoms with E-state index in [2.05, 4.69) is 28.1 Å². The molecule has 0 aromatic rings. The lowest BCUT2D eigenvalue weighted by Gasteiger charge is -2.23. The lowest BCUT2D eigenvalue weighted by Crippen LogP contribution is -2.68. The van der Waals surface area contributed by atoms with Crippen molar-refractivity contribution >= 4 is 0 Å². The quantitative estimate of drug-likeness (QED) is 0.335. The number of hydrogen-bond donors (Lipinski definition) is 0. The largest absolute Gasteiger partial charge is 0.331 e. The molecule has 0 rings (SSSR count). The van der Waals surface area contributed by atoms with Gasteiger partial charge in [-0.15, -0.1) is 0 Å². The summed E-state index contributed by atoms with van der Waals surface area (Å²) in [7, 11) is 6.87. The van der Waals surface area contributed by atoms with Crippen molar-refractivity contribution in [3.05, 3.63) is 0 Å². The molecule has 0 atom stereocenters. The van der Waals surface area contributed by atoms with Crippen molar-refractivity contribution < 1.29 is 35.4 Å². The Kier molecular flexibility index (Phi) is 17.5. The van der Waals surface area contributed by atoms with Crippen molar-refractivity contribution in [1.82, 2.24) is 0 Å². The maximum atomic E-state index is 8.58. The first-order chi connectivity index (χ1) is 10.6. The maximum absolute atomic E-state index is 8.58. The van der Waals surface area contributed by atoms with Crippen LogP contribution < -0.4 is 16.8 Å². The minimum absolute atomic E-state index is 1.12. The molecule has 0 aromatic heterocycles. The first-order valence-corrected chi connectivity index (χ1v) is 11.6. The first-order valence-electron chi connectivity index (χ1n) is 8.98. The summed E-state index contributed by atoms with van der Waals surface area (Å²) in [5, 5.41) is 0. The van der Waals surface area contributed by atoms with Crippen molar-refractivity contribution in [2.45, 2.75) is 84.0 Å². The van der Waals surface area contributed by atoms with Gasteiger partial charge < -0.3 is 4.48 Å². The molecule has 0 saturated carbocycles. The third-order valence-electron chi connectivity index (χ3n) is 3.68. The van der Waals surface area contributed by atoms with E-state index in [1.807, 2.05) is 0 Å². The molecule has 0 N–H and O–H groups in total. The van der Waals surface area contributed by atoms with Crippen LogP contribution in [0.15, 0.2) is 0 Å². The number of nitrogens with zero attached hydrogens (tertiary/aromatic N) is 1. The molecule has 0 unspecified atom stereocenters. The predicted octanol–water partition coefficient (Wildman–Crippen LogP) is 0.638. The van der Waals surface area contributed by atoms with Crippen molar-refractivity contribution in [2.24, 2.45) is 0 Å². The Morgan fingerprint density at radius 1 is 0.565 bits per heavy atom. The van der Waals surface area contributed by atoms with Gasteiger partial charge in [0, 0.05) is 0 Å². The van der Waals surface area contributed by atoms with Crippen LogP contribution in [0.2, 0.25) is 0 Å². The molecule has 0 aromatic carbocycles. The summed E-state index contributed by atoms with van der Waals surface area (Å²) in [6.45, 7) is 3.62. The van der Waals surface area contributed by atoms with E-state index in [9.17, 15) is 0 Å². The second-order valence-corrected chi connectivity index (χ2v) is 8.87. The SMILES string of the molecule is CCCCCCCCCCCCCC[N+](C)(C)C.[O-][Br+3]([O-])([O-])[O-]. The van der Waals surface area contributed by atoms with Crippen LogP contribution in [-0.2, 0) is 0 Å². The highest BCUT2D eigenvalue weighted by Gasteiger charge is 2.04. The molecule has 0 fully saturated rings. The summed E-state index contributed by atoms with van der Waals surface area (Å²) in [5.41, 5.74) is 0. The monoisotopic (exact) mass is 399 g/mol. The third kappa shape index (κ3) is 39.2. The van der Waals surface area contributed by atoms with Crippen LogP contribution in [0.1, 0.15) is 84.0 Å². The van der Waals surface area contributed by atoms with Crippen molar-refractivity contribution in [2.75, 3.05) is 27.7 Å². The molecule has 142 valence electrons. The Morgan fingerprint density at radius 3 is 1.09 bits per heavy atom. The van der Waals surface area contributed by atoms with E-state index in [1.165, 1.54) is 83.6 Å². The highest BCUT2D eigenvalue weighted by atomic mass is 80.0. The minimum atomic E-state index is -5.62. The average molecular weight is 400 g/mol. The summed E-state index contributed by atoms with van der Waals surface area (Å²) < 4.78 is 35.4. The molecule has 0 amide bonds. The van der Waals surface area contributed by atoms with Crippen LogP contribution in [0.5, 0.6) is 0 Å². The van der Waals surface area contributed by atoms with Crippen LogP contribution >= 0.6 is 0 Å². The van der Waals surface area contributed by atoms with E-state index < -0.39 is 14.1 Å². The van der Waals surface area contributed by atoms with Gasteiger partial charge in [0.2, 0.25) is 0 Å². The molecule has 5 nitrogen and oxygen atoms in total. The highest BCUT2D eigenvalue weighted by Crippen LogP contribution is 2.12. The van der Waals surface area contributed by atoms with E-state index >= 15 is 0 Å². The maximum Gasteiger partial charge on any atom is 0.0780 e. The fourth-order valence-electron chi connectivity index (χ4n) is 2.43. The van der Waals surface area contributed by atoms with Crippen molar-refractivity contribution in [3.8, 4) is 0 Å². The smallest absolute Gasteiger partial charge is 0.0780 e. The minimum Gasteiger partial charge on any atom is -0.331 e. The molecule has 0 bridgehead atoms. The second-order valence-electron chi connectivity index (χ2n) is 7.28. The summed E-state index contributed by atoms with van der Waals surface area (Å²) in [5.74, 6) is 0. The Balaban J connectivity index is 0. The van der Waals surface area contributed by atoms with Crippen molar-refractivity contribution in [1.29, 1.82) is 0 Å². The zero-order chi connectivity index (χ0) is 18.2. The molecule has 0 heterocycles. The lowest BCUT2D eigenvalue weighted by molar-refractivity contribution is -2.00. The van der Waals surface area contributed by atoms with E-state index in [4.69, 9.17) is 16.8 Å². The van der Waals surface area contributed by atoms with Crippen LogP contribution in [0.3, 0.4) is 0 Å². The molecular weight excluding hydrogens is 362 g/mol.